The second-order valence-electron chi connectivity index (χ2n) is 6.45. The van der Waals surface area contributed by atoms with Gasteiger partial charge in [-0.2, -0.15) is 13.2 Å². The van der Waals surface area contributed by atoms with E-state index < -0.39 is 22.9 Å². The van der Waals surface area contributed by atoms with Crippen molar-refractivity contribution in [3.05, 3.63) is 0 Å². The summed E-state index contributed by atoms with van der Waals surface area (Å²) >= 11 is 0. The van der Waals surface area contributed by atoms with Gasteiger partial charge < -0.3 is 0 Å². The van der Waals surface area contributed by atoms with Gasteiger partial charge in [-0.3, -0.25) is 0 Å². The van der Waals surface area contributed by atoms with Crippen molar-refractivity contribution >= 4 is 0 Å². The Balaban J connectivity index is 5.92. The first-order valence-corrected chi connectivity index (χ1v) is 6.40. The van der Waals surface area contributed by atoms with Crippen LogP contribution in [-0.4, -0.2) is 6.18 Å². The third kappa shape index (κ3) is 2.34. The summed E-state index contributed by atoms with van der Waals surface area (Å²) in [5.74, 6) is -0.467. The topological polar surface area (TPSA) is 0 Å². The van der Waals surface area contributed by atoms with E-state index in [4.69, 9.17) is 0 Å². The van der Waals surface area contributed by atoms with Crippen LogP contribution in [0.1, 0.15) is 55.4 Å². The molecule has 17 heavy (non-hydrogen) atoms. The van der Waals surface area contributed by atoms with Gasteiger partial charge in [0.15, 0.2) is 0 Å². The zero-order chi connectivity index (χ0) is 14.2. The average molecular weight is 252 g/mol. The van der Waals surface area contributed by atoms with Crippen molar-refractivity contribution in [2.45, 2.75) is 61.6 Å². The van der Waals surface area contributed by atoms with Crippen LogP contribution in [0.2, 0.25) is 0 Å². The third-order valence-electron chi connectivity index (χ3n) is 5.26. The van der Waals surface area contributed by atoms with Crippen LogP contribution in [0.4, 0.5) is 13.2 Å². The van der Waals surface area contributed by atoms with Gasteiger partial charge in [-0.15, -0.1) is 0 Å². The average Bonchev–Trinajstić information content (AvgIpc) is 2.12. The second kappa shape index (κ2) is 4.81. The minimum Gasteiger partial charge on any atom is -0.170 e. The van der Waals surface area contributed by atoms with Gasteiger partial charge in [-0.1, -0.05) is 55.4 Å². The van der Waals surface area contributed by atoms with E-state index in [2.05, 4.69) is 0 Å². The Kier molecular flexibility index (Phi) is 4.75. The molecule has 0 aliphatic carbocycles. The maximum atomic E-state index is 13.6. The molecule has 104 valence electrons. The van der Waals surface area contributed by atoms with Crippen LogP contribution in [-0.2, 0) is 0 Å². The van der Waals surface area contributed by atoms with Gasteiger partial charge in [-0.25, -0.2) is 0 Å². The molecule has 0 spiro atoms. The molecular weight excluding hydrogens is 225 g/mol. The Morgan fingerprint density at radius 3 is 1.00 bits per heavy atom. The molecule has 0 nitrogen and oxygen atoms in total. The van der Waals surface area contributed by atoms with Gasteiger partial charge in [0, 0.05) is 0 Å². The van der Waals surface area contributed by atoms with Crippen LogP contribution < -0.4 is 0 Å². The number of rotatable bonds is 4. The highest BCUT2D eigenvalue weighted by Gasteiger charge is 2.64. The molecule has 0 unspecified atom stereocenters. The summed E-state index contributed by atoms with van der Waals surface area (Å²) < 4.78 is 40.7. The van der Waals surface area contributed by atoms with Crippen molar-refractivity contribution in [2.24, 2.45) is 28.6 Å². The van der Waals surface area contributed by atoms with Gasteiger partial charge in [0.25, 0.3) is 0 Å². The van der Waals surface area contributed by atoms with Crippen LogP contribution in [0.3, 0.4) is 0 Å². The first kappa shape index (κ1) is 16.8. The second-order valence-corrected chi connectivity index (χ2v) is 6.45. The highest BCUT2D eigenvalue weighted by Crippen LogP contribution is 2.61. The van der Waals surface area contributed by atoms with E-state index in [0.717, 1.165) is 0 Å². The largest absolute Gasteiger partial charge is 0.395 e. The van der Waals surface area contributed by atoms with E-state index in [1.54, 1.807) is 20.8 Å². The Morgan fingerprint density at radius 1 is 0.647 bits per heavy atom. The fourth-order valence-electron chi connectivity index (χ4n) is 3.12. The van der Waals surface area contributed by atoms with Crippen molar-refractivity contribution in [1.29, 1.82) is 0 Å². The Hall–Kier alpha value is -0.210. The molecule has 0 amide bonds. The van der Waals surface area contributed by atoms with Gasteiger partial charge in [0.05, 0.1) is 5.41 Å². The minimum atomic E-state index is -4.18. The lowest BCUT2D eigenvalue weighted by Crippen LogP contribution is -2.56. The molecule has 0 saturated heterocycles. The standard InChI is InChI=1S/C14H27F3/c1-9(2)12(7,10(3)4)13(8,11(5)6)14(15,16)17/h9-11H,1-8H3/t13-/m0/s1. The van der Waals surface area contributed by atoms with Crippen LogP contribution >= 0.6 is 0 Å². The molecular formula is C14H27F3. The third-order valence-corrected chi connectivity index (χ3v) is 5.26. The predicted octanol–water partition coefficient (Wildman–Crippen LogP) is 5.53. The van der Waals surface area contributed by atoms with E-state index in [-0.39, 0.29) is 11.8 Å². The van der Waals surface area contributed by atoms with E-state index in [1.807, 2.05) is 27.7 Å². The van der Waals surface area contributed by atoms with Crippen molar-refractivity contribution in [3.8, 4) is 0 Å². The first-order valence-electron chi connectivity index (χ1n) is 6.40. The van der Waals surface area contributed by atoms with Crippen molar-refractivity contribution in [1.82, 2.24) is 0 Å². The summed E-state index contributed by atoms with van der Waals surface area (Å²) in [5.41, 5.74) is -2.43. The zero-order valence-corrected chi connectivity index (χ0v) is 12.4. The Bertz CT molecular complexity index is 243. The molecule has 0 rings (SSSR count). The molecule has 0 bridgehead atoms. The molecule has 0 aliphatic heterocycles. The highest BCUT2D eigenvalue weighted by atomic mass is 19.4. The van der Waals surface area contributed by atoms with Crippen molar-refractivity contribution < 1.29 is 13.2 Å². The summed E-state index contributed by atoms with van der Waals surface area (Å²) in [4.78, 5) is 0. The molecule has 0 radical (unpaired) electrons. The fraction of sp³-hybridized carbons (Fsp3) is 1.00. The molecule has 0 N–H and O–H groups in total. The van der Waals surface area contributed by atoms with Crippen LogP contribution in [0.15, 0.2) is 0 Å². The van der Waals surface area contributed by atoms with E-state index in [0.29, 0.717) is 0 Å². The number of hydrogen-bond acceptors (Lipinski definition) is 0. The van der Waals surface area contributed by atoms with Crippen LogP contribution in [0, 0.1) is 28.6 Å². The number of hydrogen-bond donors (Lipinski definition) is 0. The lowest BCUT2D eigenvalue weighted by molar-refractivity contribution is -0.289. The summed E-state index contributed by atoms with van der Waals surface area (Å²) in [6.45, 7) is 14.1. The summed E-state index contributed by atoms with van der Waals surface area (Å²) in [6.07, 6.45) is -4.18. The molecule has 1 atom stereocenters. The van der Waals surface area contributed by atoms with Crippen molar-refractivity contribution in [2.75, 3.05) is 0 Å². The quantitative estimate of drug-likeness (QED) is 0.617. The number of halogens is 3. The molecule has 0 saturated carbocycles. The monoisotopic (exact) mass is 252 g/mol. The van der Waals surface area contributed by atoms with Crippen molar-refractivity contribution in [3.63, 3.8) is 0 Å². The van der Waals surface area contributed by atoms with E-state index in [9.17, 15) is 13.2 Å². The summed E-state index contributed by atoms with van der Waals surface area (Å²) in [5, 5.41) is 0. The molecule has 0 fully saturated rings. The van der Waals surface area contributed by atoms with E-state index >= 15 is 0 Å². The highest BCUT2D eigenvalue weighted by molar-refractivity contribution is 5.02. The fourth-order valence-corrected chi connectivity index (χ4v) is 3.12. The molecule has 0 heterocycles. The van der Waals surface area contributed by atoms with Crippen LogP contribution in [0.5, 0.6) is 0 Å². The molecule has 0 aliphatic rings. The lowest BCUT2D eigenvalue weighted by Gasteiger charge is -2.55. The van der Waals surface area contributed by atoms with Gasteiger partial charge >= 0.3 is 6.18 Å². The predicted molar refractivity (Wildman–Crippen MR) is 66.8 cm³/mol. The first-order chi connectivity index (χ1) is 7.33. The molecule has 3 heteroatoms. The van der Waals surface area contributed by atoms with Gasteiger partial charge in [0.1, 0.15) is 0 Å². The number of alkyl halides is 3. The smallest absolute Gasteiger partial charge is 0.170 e. The maximum absolute atomic E-state index is 13.6. The zero-order valence-electron chi connectivity index (χ0n) is 12.4. The molecule has 0 aromatic rings. The lowest BCUT2D eigenvalue weighted by atomic mass is 9.51. The SMILES string of the molecule is CC(C)C(C)(C(C)C)[C@](C)(C(C)C)C(F)(F)F. The molecule has 0 aromatic heterocycles. The summed E-state index contributed by atoms with van der Waals surface area (Å²) in [6, 6.07) is 0. The van der Waals surface area contributed by atoms with Gasteiger partial charge in [-0.05, 0) is 23.2 Å². The normalized spacial score (nSPS) is 18.0. The van der Waals surface area contributed by atoms with Gasteiger partial charge in [0.2, 0.25) is 0 Å². The Labute approximate surface area is 104 Å². The van der Waals surface area contributed by atoms with Crippen LogP contribution in [0.25, 0.3) is 0 Å². The minimum absolute atomic E-state index is 0.0171. The maximum Gasteiger partial charge on any atom is 0.395 e. The summed E-state index contributed by atoms with van der Waals surface area (Å²) in [7, 11) is 0. The Morgan fingerprint density at radius 2 is 0.941 bits per heavy atom. The van der Waals surface area contributed by atoms with E-state index in [1.165, 1.54) is 6.92 Å². The molecule has 0 aromatic carbocycles.